The van der Waals surface area contributed by atoms with Gasteiger partial charge in [0.15, 0.2) is 9.84 Å². The lowest BCUT2D eigenvalue weighted by atomic mass is 10.1. The molecule has 1 N–H and O–H groups in total. The van der Waals surface area contributed by atoms with E-state index in [0.29, 0.717) is 17.9 Å². The van der Waals surface area contributed by atoms with Gasteiger partial charge in [0.2, 0.25) is 0 Å². The van der Waals surface area contributed by atoms with Gasteiger partial charge in [0, 0.05) is 13.2 Å². The van der Waals surface area contributed by atoms with E-state index in [0.717, 1.165) is 24.9 Å². The van der Waals surface area contributed by atoms with Gasteiger partial charge in [0.25, 0.3) is 0 Å². The van der Waals surface area contributed by atoms with E-state index < -0.39 is 9.84 Å². The smallest absolute Gasteiger partial charge is 0.178 e. The van der Waals surface area contributed by atoms with E-state index in [9.17, 15) is 8.42 Å². The van der Waals surface area contributed by atoms with Gasteiger partial charge >= 0.3 is 0 Å². The van der Waals surface area contributed by atoms with Crippen molar-refractivity contribution in [3.05, 3.63) is 29.8 Å². The van der Waals surface area contributed by atoms with Crippen molar-refractivity contribution in [1.82, 2.24) is 5.32 Å². The molecule has 0 fully saturated rings. The van der Waals surface area contributed by atoms with Crippen LogP contribution in [0, 0.1) is 0 Å². The Hall–Kier alpha value is -0.910. The summed E-state index contributed by atoms with van der Waals surface area (Å²) in [5.41, 5.74) is 1.12. The van der Waals surface area contributed by atoms with Crippen LogP contribution in [0.1, 0.15) is 32.3 Å². The van der Waals surface area contributed by atoms with Crippen molar-refractivity contribution < 1.29 is 13.2 Å². The molecule has 5 heteroatoms. The molecule has 0 aliphatic rings. The van der Waals surface area contributed by atoms with Gasteiger partial charge in [-0.3, -0.25) is 0 Å². The summed E-state index contributed by atoms with van der Waals surface area (Å²) >= 11 is 0. The summed E-state index contributed by atoms with van der Waals surface area (Å²) in [6, 6.07) is 7.49. The normalized spacial score (nSPS) is 13.3. The Balaban J connectivity index is 2.72. The molecule has 0 bridgehead atoms. The minimum atomic E-state index is -3.12. The van der Waals surface area contributed by atoms with Crippen molar-refractivity contribution in [2.45, 2.75) is 44.0 Å². The van der Waals surface area contributed by atoms with Gasteiger partial charge in [0.05, 0.1) is 17.3 Å². The van der Waals surface area contributed by atoms with Crippen LogP contribution in [0.3, 0.4) is 0 Å². The minimum Gasteiger partial charge on any atom is -0.383 e. The Morgan fingerprint density at radius 3 is 2.33 bits per heavy atom. The molecule has 4 nitrogen and oxygen atoms in total. The summed E-state index contributed by atoms with van der Waals surface area (Å²) in [7, 11) is -1.42. The summed E-state index contributed by atoms with van der Waals surface area (Å²) in [5.74, 6) is 0.205. The van der Waals surface area contributed by atoms with Gasteiger partial charge < -0.3 is 10.1 Å². The van der Waals surface area contributed by atoms with Crippen LogP contribution in [0.5, 0.6) is 0 Å². The third-order valence-corrected chi connectivity index (χ3v) is 5.22. The van der Waals surface area contributed by atoms with Crippen LogP contribution in [0.25, 0.3) is 0 Å². The zero-order valence-corrected chi connectivity index (χ0v) is 14.1. The van der Waals surface area contributed by atoms with Crippen LogP contribution in [-0.2, 0) is 21.0 Å². The number of hydrogen-bond donors (Lipinski definition) is 1. The number of methoxy groups -OCH3 is 1. The van der Waals surface area contributed by atoms with Gasteiger partial charge in [-0.25, -0.2) is 8.42 Å². The molecule has 1 atom stereocenters. The second-order valence-electron chi connectivity index (χ2n) is 5.27. The molecule has 1 rings (SSSR count). The first-order chi connectivity index (χ1) is 10.0. The van der Waals surface area contributed by atoms with E-state index in [1.807, 2.05) is 19.1 Å². The zero-order valence-electron chi connectivity index (χ0n) is 13.3. The highest BCUT2D eigenvalue weighted by molar-refractivity contribution is 7.91. The summed E-state index contributed by atoms with van der Waals surface area (Å²) in [4.78, 5) is 0.415. The maximum atomic E-state index is 12.0. The number of ether oxygens (including phenoxy) is 1. The van der Waals surface area contributed by atoms with Crippen LogP contribution in [0.4, 0.5) is 0 Å². The van der Waals surface area contributed by atoms with Gasteiger partial charge in [-0.15, -0.1) is 0 Å². The molecule has 21 heavy (non-hydrogen) atoms. The van der Waals surface area contributed by atoms with Crippen LogP contribution in [0.2, 0.25) is 0 Å². The van der Waals surface area contributed by atoms with Gasteiger partial charge in [-0.05, 0) is 43.5 Å². The molecule has 0 spiro atoms. The van der Waals surface area contributed by atoms with E-state index in [4.69, 9.17) is 4.74 Å². The maximum Gasteiger partial charge on any atom is 0.178 e. The fourth-order valence-electron chi connectivity index (χ4n) is 2.24. The second kappa shape index (κ2) is 9.18. The van der Waals surface area contributed by atoms with Gasteiger partial charge in [-0.1, -0.05) is 26.0 Å². The van der Waals surface area contributed by atoms with E-state index in [1.54, 1.807) is 19.2 Å². The predicted molar refractivity (Wildman–Crippen MR) is 86.4 cm³/mol. The average Bonchev–Trinajstić information content (AvgIpc) is 2.45. The Morgan fingerprint density at radius 2 is 1.81 bits per heavy atom. The molecule has 120 valence electrons. The van der Waals surface area contributed by atoms with Crippen molar-refractivity contribution >= 4 is 9.84 Å². The molecule has 1 aromatic carbocycles. The highest BCUT2D eigenvalue weighted by atomic mass is 32.2. The molecule has 0 saturated heterocycles. The van der Waals surface area contributed by atoms with Crippen molar-refractivity contribution in [1.29, 1.82) is 0 Å². The highest BCUT2D eigenvalue weighted by Gasteiger charge is 2.13. The Morgan fingerprint density at radius 1 is 1.14 bits per heavy atom. The Labute approximate surface area is 128 Å². The predicted octanol–water partition coefficient (Wildman–Crippen LogP) is 2.43. The third-order valence-electron chi connectivity index (χ3n) is 3.29. The summed E-state index contributed by atoms with van der Waals surface area (Å²) in [6.45, 7) is 5.61. The van der Waals surface area contributed by atoms with Crippen LogP contribution < -0.4 is 5.32 Å². The highest BCUT2D eigenvalue weighted by Crippen LogP contribution is 2.14. The Bertz CT molecular complexity index is 497. The first-order valence-corrected chi connectivity index (χ1v) is 9.22. The van der Waals surface area contributed by atoms with E-state index in [-0.39, 0.29) is 11.8 Å². The number of sulfone groups is 1. The third kappa shape index (κ3) is 6.16. The topological polar surface area (TPSA) is 55.4 Å². The molecule has 0 amide bonds. The molecular formula is C16H27NO3S. The first kappa shape index (κ1) is 18.1. The largest absolute Gasteiger partial charge is 0.383 e. The summed E-state index contributed by atoms with van der Waals surface area (Å²) in [5, 5.41) is 3.44. The number of hydrogen-bond acceptors (Lipinski definition) is 4. The second-order valence-corrected chi connectivity index (χ2v) is 7.38. The van der Waals surface area contributed by atoms with Crippen LogP contribution in [0.15, 0.2) is 29.2 Å². The van der Waals surface area contributed by atoms with Crippen molar-refractivity contribution in [2.24, 2.45) is 0 Å². The molecule has 1 aromatic rings. The minimum absolute atomic E-state index is 0.205. The maximum absolute atomic E-state index is 12.0. The Kier molecular flexibility index (Phi) is 7.93. The number of nitrogens with one attached hydrogen (secondary N) is 1. The summed E-state index contributed by atoms with van der Waals surface area (Å²) in [6.07, 6.45) is 2.55. The van der Waals surface area contributed by atoms with Crippen LogP contribution >= 0.6 is 0 Å². The van der Waals surface area contributed by atoms with Crippen molar-refractivity contribution in [3.8, 4) is 0 Å². The molecule has 0 aliphatic carbocycles. The molecule has 0 saturated carbocycles. The summed E-state index contributed by atoms with van der Waals surface area (Å²) < 4.78 is 29.2. The monoisotopic (exact) mass is 313 g/mol. The fourth-order valence-corrected chi connectivity index (χ4v) is 3.57. The molecule has 0 radical (unpaired) electrons. The zero-order chi connectivity index (χ0) is 15.7. The molecule has 0 heterocycles. The van der Waals surface area contributed by atoms with Crippen molar-refractivity contribution in [3.63, 3.8) is 0 Å². The van der Waals surface area contributed by atoms with E-state index in [2.05, 4.69) is 12.2 Å². The van der Waals surface area contributed by atoms with Crippen molar-refractivity contribution in [2.75, 3.05) is 26.0 Å². The van der Waals surface area contributed by atoms with Gasteiger partial charge in [0.1, 0.15) is 0 Å². The fraction of sp³-hybridized carbons (Fsp3) is 0.625. The lowest BCUT2D eigenvalue weighted by Gasteiger charge is -2.17. The molecular weight excluding hydrogens is 286 g/mol. The standard InChI is InChI=1S/C16H27NO3S/c1-4-10-17-15(13-20-3)12-14-6-8-16(9-7-14)21(18,19)11-5-2/h6-9,15,17H,4-5,10-13H2,1-3H3. The first-order valence-electron chi connectivity index (χ1n) is 7.57. The molecule has 0 aromatic heterocycles. The van der Waals surface area contributed by atoms with Crippen LogP contribution in [-0.4, -0.2) is 40.5 Å². The quantitative estimate of drug-likeness (QED) is 0.721. The number of rotatable bonds is 10. The lowest BCUT2D eigenvalue weighted by molar-refractivity contribution is 0.166. The molecule has 0 aliphatic heterocycles. The molecule has 1 unspecified atom stereocenters. The van der Waals surface area contributed by atoms with Gasteiger partial charge in [-0.2, -0.15) is 0 Å². The SMILES string of the molecule is CCCNC(COC)Cc1ccc(S(=O)(=O)CCC)cc1. The number of benzene rings is 1. The van der Waals surface area contributed by atoms with E-state index in [1.165, 1.54) is 0 Å². The lowest BCUT2D eigenvalue weighted by Crippen LogP contribution is -2.35. The average molecular weight is 313 g/mol. The van der Waals surface area contributed by atoms with E-state index >= 15 is 0 Å².